The molecule has 0 spiro atoms. The van der Waals surface area contributed by atoms with E-state index in [0.29, 0.717) is 11.3 Å². The molecule has 0 aliphatic rings. The number of non-ortho nitro benzene ring substituents is 1. The van der Waals surface area contributed by atoms with E-state index in [1.165, 1.54) is 49.4 Å². The summed E-state index contributed by atoms with van der Waals surface area (Å²) in [4.78, 5) is 36.0. The van der Waals surface area contributed by atoms with Gasteiger partial charge in [0, 0.05) is 30.8 Å². The molecule has 0 bridgehead atoms. The van der Waals surface area contributed by atoms with E-state index in [4.69, 9.17) is 9.26 Å². The van der Waals surface area contributed by atoms with E-state index in [-0.39, 0.29) is 17.4 Å². The lowest BCUT2D eigenvalue weighted by Crippen LogP contribution is -2.46. The maximum atomic E-state index is 12.6. The number of hydrogen-bond donors (Lipinski definition) is 0. The molecule has 9 heteroatoms. The first-order chi connectivity index (χ1) is 12.3. The Bertz CT molecular complexity index is 812. The summed E-state index contributed by atoms with van der Waals surface area (Å²) in [5.74, 6) is -1.25. The molecule has 0 aliphatic carbocycles. The number of amides is 1. The number of hydrogen-bond acceptors (Lipinski definition) is 7. The number of nitrogens with zero attached hydrogens (tertiary/aromatic N) is 3. The van der Waals surface area contributed by atoms with Gasteiger partial charge in [-0.1, -0.05) is 19.0 Å². The van der Waals surface area contributed by atoms with Crippen LogP contribution in [-0.2, 0) is 9.53 Å². The first kappa shape index (κ1) is 19.1. The molecule has 1 aromatic heterocycles. The second kappa shape index (κ2) is 7.77. The number of likely N-dealkylation sites (N-methyl/N-ethyl adjacent to an activating group) is 1. The number of nitro groups is 1. The van der Waals surface area contributed by atoms with Gasteiger partial charge in [-0.15, -0.1) is 0 Å². The fourth-order valence-electron chi connectivity index (χ4n) is 2.56. The molecule has 1 heterocycles. The van der Waals surface area contributed by atoms with Crippen LogP contribution in [0.4, 0.5) is 5.69 Å². The number of carbonyl (C=O) groups excluding carboxylic acids is 2. The SMILES string of the molecule is COC(=O)[C@H](C(C)C)N(C)C(=O)c1cc(-c2ccc([N+](=O)[O-])cc2)no1. The highest BCUT2D eigenvalue weighted by Gasteiger charge is 2.32. The summed E-state index contributed by atoms with van der Waals surface area (Å²) < 4.78 is 9.85. The molecule has 1 atom stereocenters. The van der Waals surface area contributed by atoms with Crippen molar-refractivity contribution in [1.29, 1.82) is 0 Å². The van der Waals surface area contributed by atoms with Crippen molar-refractivity contribution in [2.45, 2.75) is 19.9 Å². The zero-order chi connectivity index (χ0) is 19.4. The summed E-state index contributed by atoms with van der Waals surface area (Å²) in [6, 6.07) is 6.36. The van der Waals surface area contributed by atoms with Crippen molar-refractivity contribution in [1.82, 2.24) is 10.1 Å². The van der Waals surface area contributed by atoms with Crippen LogP contribution in [0, 0.1) is 16.0 Å². The topological polar surface area (TPSA) is 116 Å². The summed E-state index contributed by atoms with van der Waals surface area (Å²) in [6.45, 7) is 3.60. The molecule has 0 N–H and O–H groups in total. The number of ether oxygens (including phenoxy) is 1. The molecule has 0 fully saturated rings. The Kier molecular flexibility index (Phi) is 5.71. The minimum absolute atomic E-state index is 0.0459. The third-order valence-corrected chi connectivity index (χ3v) is 3.91. The lowest BCUT2D eigenvalue weighted by molar-refractivity contribution is -0.384. The molecule has 0 saturated carbocycles. The predicted octanol–water partition coefficient (Wildman–Crippen LogP) is 2.52. The highest BCUT2D eigenvalue weighted by molar-refractivity contribution is 5.95. The van der Waals surface area contributed by atoms with E-state index in [2.05, 4.69) is 5.16 Å². The van der Waals surface area contributed by atoms with Crippen molar-refractivity contribution >= 4 is 17.6 Å². The first-order valence-corrected chi connectivity index (χ1v) is 7.82. The molecule has 9 nitrogen and oxygen atoms in total. The van der Waals surface area contributed by atoms with Crippen LogP contribution in [0.25, 0.3) is 11.3 Å². The molecule has 1 aromatic carbocycles. The quantitative estimate of drug-likeness (QED) is 0.441. The Morgan fingerprint density at radius 1 is 1.27 bits per heavy atom. The largest absolute Gasteiger partial charge is 0.467 e. The number of rotatable bonds is 6. The van der Waals surface area contributed by atoms with E-state index in [1.54, 1.807) is 13.8 Å². The van der Waals surface area contributed by atoms with Crippen LogP contribution >= 0.6 is 0 Å². The van der Waals surface area contributed by atoms with E-state index in [1.807, 2.05) is 0 Å². The first-order valence-electron chi connectivity index (χ1n) is 7.82. The van der Waals surface area contributed by atoms with Gasteiger partial charge in [-0.05, 0) is 18.1 Å². The van der Waals surface area contributed by atoms with Crippen molar-refractivity contribution in [2.75, 3.05) is 14.2 Å². The van der Waals surface area contributed by atoms with Crippen molar-refractivity contribution < 1.29 is 23.8 Å². The van der Waals surface area contributed by atoms with Crippen LogP contribution in [0.3, 0.4) is 0 Å². The van der Waals surface area contributed by atoms with Crippen LogP contribution in [0.5, 0.6) is 0 Å². The number of nitro benzene ring substituents is 1. The maximum Gasteiger partial charge on any atom is 0.328 e. The zero-order valence-corrected chi connectivity index (χ0v) is 14.8. The number of methoxy groups -OCH3 is 1. The van der Waals surface area contributed by atoms with Gasteiger partial charge in [0.15, 0.2) is 0 Å². The molecular weight excluding hydrogens is 342 g/mol. The number of carbonyl (C=O) groups is 2. The Labute approximate surface area is 149 Å². The van der Waals surface area contributed by atoms with Gasteiger partial charge in [-0.2, -0.15) is 0 Å². The van der Waals surface area contributed by atoms with E-state index in [9.17, 15) is 19.7 Å². The second-order valence-corrected chi connectivity index (χ2v) is 6.01. The van der Waals surface area contributed by atoms with Crippen molar-refractivity contribution in [3.8, 4) is 11.3 Å². The van der Waals surface area contributed by atoms with Crippen molar-refractivity contribution in [3.05, 3.63) is 46.2 Å². The van der Waals surface area contributed by atoms with E-state index >= 15 is 0 Å². The fourth-order valence-corrected chi connectivity index (χ4v) is 2.56. The second-order valence-electron chi connectivity index (χ2n) is 6.01. The Hall–Kier alpha value is -3.23. The molecule has 0 saturated heterocycles. The standard InChI is InChI=1S/C17H19N3O6/c1-10(2)15(17(22)25-4)19(3)16(21)14-9-13(18-26-14)11-5-7-12(8-6-11)20(23)24/h5-10,15H,1-4H3/t15-/m0/s1. The Balaban J connectivity index is 2.23. The van der Waals surface area contributed by atoms with E-state index in [0.717, 1.165) is 0 Å². The highest BCUT2D eigenvalue weighted by Crippen LogP contribution is 2.23. The van der Waals surface area contributed by atoms with Gasteiger partial charge in [0.05, 0.1) is 12.0 Å². The molecule has 26 heavy (non-hydrogen) atoms. The van der Waals surface area contributed by atoms with E-state index < -0.39 is 22.8 Å². The molecule has 2 rings (SSSR count). The Morgan fingerprint density at radius 2 is 1.88 bits per heavy atom. The van der Waals surface area contributed by atoms with Crippen LogP contribution in [-0.4, -0.2) is 47.1 Å². The summed E-state index contributed by atoms with van der Waals surface area (Å²) >= 11 is 0. The molecular formula is C17H19N3O6. The summed E-state index contributed by atoms with van der Waals surface area (Å²) in [7, 11) is 2.75. The van der Waals surface area contributed by atoms with Gasteiger partial charge < -0.3 is 14.2 Å². The summed E-state index contributed by atoms with van der Waals surface area (Å²) in [5.41, 5.74) is 0.872. The molecule has 138 valence electrons. The lowest BCUT2D eigenvalue weighted by Gasteiger charge is -2.27. The minimum atomic E-state index is -0.763. The fraction of sp³-hybridized carbons (Fsp3) is 0.353. The third-order valence-electron chi connectivity index (χ3n) is 3.91. The molecule has 0 unspecified atom stereocenters. The summed E-state index contributed by atoms with van der Waals surface area (Å²) in [6.07, 6.45) is 0. The van der Waals surface area contributed by atoms with Crippen LogP contribution in [0.15, 0.2) is 34.9 Å². The smallest absolute Gasteiger partial charge is 0.328 e. The van der Waals surface area contributed by atoms with Crippen LogP contribution < -0.4 is 0 Å². The number of aromatic nitrogens is 1. The van der Waals surface area contributed by atoms with Gasteiger partial charge in [0.2, 0.25) is 5.76 Å². The predicted molar refractivity (Wildman–Crippen MR) is 91.3 cm³/mol. The van der Waals surface area contributed by atoms with Gasteiger partial charge in [0.25, 0.3) is 11.6 Å². The monoisotopic (exact) mass is 361 g/mol. The number of esters is 1. The third kappa shape index (κ3) is 3.88. The van der Waals surface area contributed by atoms with Gasteiger partial charge >= 0.3 is 5.97 Å². The zero-order valence-electron chi connectivity index (χ0n) is 14.8. The average Bonchev–Trinajstić information content (AvgIpc) is 3.10. The van der Waals surface area contributed by atoms with Crippen LogP contribution in [0.2, 0.25) is 0 Å². The molecule has 2 aromatic rings. The van der Waals surface area contributed by atoms with Crippen molar-refractivity contribution in [2.24, 2.45) is 5.92 Å². The molecule has 1 amide bonds. The Morgan fingerprint density at radius 3 is 2.38 bits per heavy atom. The normalized spacial score (nSPS) is 11.9. The van der Waals surface area contributed by atoms with Gasteiger partial charge in [-0.3, -0.25) is 14.9 Å². The van der Waals surface area contributed by atoms with Crippen molar-refractivity contribution in [3.63, 3.8) is 0 Å². The minimum Gasteiger partial charge on any atom is -0.467 e. The van der Waals surface area contributed by atoms with Gasteiger partial charge in [0.1, 0.15) is 11.7 Å². The lowest BCUT2D eigenvalue weighted by atomic mass is 10.0. The molecule has 0 radical (unpaired) electrons. The van der Waals surface area contributed by atoms with Crippen LogP contribution in [0.1, 0.15) is 24.4 Å². The number of benzene rings is 1. The molecule has 0 aliphatic heterocycles. The average molecular weight is 361 g/mol. The highest BCUT2D eigenvalue weighted by atomic mass is 16.6. The van der Waals surface area contributed by atoms with Gasteiger partial charge in [-0.25, -0.2) is 4.79 Å². The summed E-state index contributed by atoms with van der Waals surface area (Å²) in [5, 5.41) is 14.5. The maximum absolute atomic E-state index is 12.6.